The number of hydrogen-bond donors (Lipinski definition) is 0. The number of benzene rings is 2. The zero-order valence-electron chi connectivity index (χ0n) is 12.1. The summed E-state index contributed by atoms with van der Waals surface area (Å²) in [6.07, 6.45) is 4.07. The molecule has 20 heavy (non-hydrogen) atoms. The minimum Gasteiger partial charge on any atom is -0.377 e. The highest BCUT2D eigenvalue weighted by Crippen LogP contribution is 2.20. The number of thiocarbonyl (C=S) groups is 1. The van der Waals surface area contributed by atoms with Crippen LogP contribution in [0.3, 0.4) is 0 Å². The Hall–Kier alpha value is -1.93. The maximum atomic E-state index is 5.43. The van der Waals surface area contributed by atoms with E-state index in [2.05, 4.69) is 50.2 Å². The van der Waals surface area contributed by atoms with Gasteiger partial charge in [0.2, 0.25) is 0 Å². The summed E-state index contributed by atoms with van der Waals surface area (Å²) in [4.78, 5) is 2.99. The number of hydrogen-bond acceptors (Lipinski definition) is 2. The second-order valence-corrected chi connectivity index (χ2v) is 5.44. The van der Waals surface area contributed by atoms with Gasteiger partial charge in [-0.3, -0.25) is 0 Å². The summed E-state index contributed by atoms with van der Waals surface area (Å²) >= 11 is 5.43. The monoisotopic (exact) mass is 281 g/mol. The maximum absolute atomic E-state index is 5.43. The van der Waals surface area contributed by atoms with Gasteiger partial charge in [0.15, 0.2) is 0 Å². The van der Waals surface area contributed by atoms with Crippen molar-refractivity contribution >= 4 is 28.8 Å². The zero-order chi connectivity index (χ0) is 14.5. The quantitative estimate of drug-likeness (QED) is 0.461. The van der Waals surface area contributed by atoms with Gasteiger partial charge < -0.3 is 4.90 Å². The molecule has 0 aromatic heterocycles. The Kier molecular flexibility index (Phi) is 4.70. The third-order valence-electron chi connectivity index (χ3n) is 3.20. The Morgan fingerprint density at radius 2 is 1.75 bits per heavy atom. The molecule has 0 atom stereocenters. The first-order valence-corrected chi connectivity index (χ1v) is 7.04. The Morgan fingerprint density at radius 3 is 2.40 bits per heavy atom. The minimum atomic E-state index is 0.859. The van der Waals surface area contributed by atoms with E-state index in [9.17, 15) is 0 Å². The average Bonchev–Trinajstić information content (AvgIpc) is 2.46. The number of aryl methyl sites for hydroxylation is 1. The van der Waals surface area contributed by atoms with Crippen molar-refractivity contribution in [1.29, 1.82) is 0 Å². The van der Waals surface area contributed by atoms with Crippen molar-refractivity contribution in [3.63, 3.8) is 0 Å². The van der Waals surface area contributed by atoms with E-state index in [1.165, 1.54) is 11.3 Å². The first kappa shape index (κ1) is 14.5. The number of anilines is 1. The van der Waals surface area contributed by atoms with Crippen LogP contribution in [0.2, 0.25) is 0 Å². The summed E-state index contributed by atoms with van der Waals surface area (Å²) in [6, 6.07) is 16.5. The van der Waals surface area contributed by atoms with Crippen molar-refractivity contribution in [2.75, 3.05) is 19.0 Å². The molecule has 0 saturated heterocycles. The highest BCUT2D eigenvalue weighted by Gasteiger charge is 2.01. The molecule has 0 aliphatic carbocycles. The fraction of sp³-hybridized carbons (Fsp3) is 0.167. The molecule has 2 heteroatoms. The molecule has 0 amide bonds. The zero-order valence-corrected chi connectivity index (χ0v) is 12.9. The van der Waals surface area contributed by atoms with Crippen molar-refractivity contribution in [3.8, 4) is 0 Å². The fourth-order valence-corrected chi connectivity index (χ4v) is 2.29. The lowest BCUT2D eigenvalue weighted by atomic mass is 10.1. The van der Waals surface area contributed by atoms with E-state index in [1.807, 2.05) is 36.4 Å². The van der Waals surface area contributed by atoms with Crippen LogP contribution in [0.25, 0.3) is 6.08 Å². The topological polar surface area (TPSA) is 3.24 Å². The van der Waals surface area contributed by atoms with Crippen LogP contribution < -0.4 is 4.90 Å². The second kappa shape index (κ2) is 6.49. The highest BCUT2D eigenvalue weighted by molar-refractivity contribution is 7.81. The predicted octanol–water partition coefficient (Wildman–Crippen LogP) is 4.49. The molecule has 0 bridgehead atoms. The molecule has 1 nitrogen and oxygen atoms in total. The third kappa shape index (κ3) is 3.55. The summed E-state index contributed by atoms with van der Waals surface area (Å²) in [5, 5.41) is 0. The van der Waals surface area contributed by atoms with Crippen molar-refractivity contribution in [3.05, 3.63) is 71.3 Å². The number of allylic oxidation sites excluding steroid dienone is 1. The maximum Gasteiger partial charge on any atom is 0.0449 e. The van der Waals surface area contributed by atoms with Gasteiger partial charge in [-0.1, -0.05) is 60.8 Å². The molecule has 0 aliphatic rings. The molecule has 0 unspecified atom stereocenters. The molecule has 102 valence electrons. The summed E-state index contributed by atoms with van der Waals surface area (Å²) < 4.78 is 0. The van der Waals surface area contributed by atoms with E-state index in [0.717, 1.165) is 16.0 Å². The third-order valence-corrected chi connectivity index (χ3v) is 3.57. The molecule has 0 saturated carbocycles. The molecule has 0 fully saturated rings. The van der Waals surface area contributed by atoms with Gasteiger partial charge >= 0.3 is 0 Å². The Morgan fingerprint density at radius 1 is 1.05 bits per heavy atom. The lowest BCUT2D eigenvalue weighted by Crippen LogP contribution is -2.10. The van der Waals surface area contributed by atoms with E-state index in [-0.39, 0.29) is 0 Å². The van der Waals surface area contributed by atoms with Gasteiger partial charge in [0, 0.05) is 24.6 Å². The largest absolute Gasteiger partial charge is 0.377 e. The van der Waals surface area contributed by atoms with Crippen LogP contribution in [0.4, 0.5) is 5.69 Å². The lowest BCUT2D eigenvalue weighted by Gasteiger charge is -2.16. The summed E-state index contributed by atoms with van der Waals surface area (Å²) in [5.74, 6) is 0. The van der Waals surface area contributed by atoms with Gasteiger partial charge in [0.05, 0.1) is 0 Å². The smallest absolute Gasteiger partial charge is 0.0449 e. The Bertz CT molecular complexity index is 627. The minimum absolute atomic E-state index is 0.859. The van der Waals surface area contributed by atoms with Crippen molar-refractivity contribution < 1.29 is 0 Å². The summed E-state index contributed by atoms with van der Waals surface area (Å²) in [7, 11) is 4.12. The van der Waals surface area contributed by atoms with Gasteiger partial charge in [0.25, 0.3) is 0 Å². The standard InChI is InChI=1S/C18H19NS/c1-14-9-10-15(13-17(14)19(2)3)11-12-18(20)16-7-5-4-6-8-16/h4-13H,1-3H3. The van der Waals surface area contributed by atoms with Crippen LogP contribution in [0.1, 0.15) is 16.7 Å². The first-order chi connectivity index (χ1) is 9.58. The average molecular weight is 281 g/mol. The Labute approximate surface area is 126 Å². The molecular formula is C18H19NS. The molecule has 2 rings (SSSR count). The normalized spacial score (nSPS) is 10.8. The molecule has 0 heterocycles. The predicted molar refractivity (Wildman–Crippen MR) is 92.7 cm³/mol. The Balaban J connectivity index is 2.20. The van der Waals surface area contributed by atoms with Crippen LogP contribution in [0.15, 0.2) is 54.6 Å². The van der Waals surface area contributed by atoms with E-state index in [0.29, 0.717) is 0 Å². The molecule has 2 aromatic carbocycles. The molecule has 0 aliphatic heterocycles. The van der Waals surface area contributed by atoms with Crippen molar-refractivity contribution in [2.45, 2.75) is 6.92 Å². The number of rotatable bonds is 4. The van der Waals surface area contributed by atoms with Crippen molar-refractivity contribution in [1.82, 2.24) is 0 Å². The highest BCUT2D eigenvalue weighted by atomic mass is 32.1. The van der Waals surface area contributed by atoms with Crippen LogP contribution >= 0.6 is 12.2 Å². The van der Waals surface area contributed by atoms with Crippen LogP contribution in [0.5, 0.6) is 0 Å². The van der Waals surface area contributed by atoms with Gasteiger partial charge in [-0.05, 0) is 35.8 Å². The summed E-state index contributed by atoms with van der Waals surface area (Å²) in [5.41, 5.74) is 4.76. The van der Waals surface area contributed by atoms with Gasteiger partial charge in [-0.2, -0.15) is 0 Å². The molecule has 0 spiro atoms. The van der Waals surface area contributed by atoms with Crippen LogP contribution in [-0.4, -0.2) is 19.0 Å². The second-order valence-electron chi connectivity index (χ2n) is 5.00. The van der Waals surface area contributed by atoms with E-state index < -0.39 is 0 Å². The molecule has 0 N–H and O–H groups in total. The van der Waals surface area contributed by atoms with E-state index in [4.69, 9.17) is 12.2 Å². The number of nitrogens with zero attached hydrogens (tertiary/aromatic N) is 1. The summed E-state index contributed by atoms with van der Waals surface area (Å²) in [6.45, 7) is 2.12. The van der Waals surface area contributed by atoms with E-state index in [1.54, 1.807) is 0 Å². The van der Waals surface area contributed by atoms with Gasteiger partial charge in [0.1, 0.15) is 0 Å². The lowest BCUT2D eigenvalue weighted by molar-refractivity contribution is 1.11. The molecule has 2 aromatic rings. The van der Waals surface area contributed by atoms with Crippen molar-refractivity contribution in [2.24, 2.45) is 0 Å². The van der Waals surface area contributed by atoms with Gasteiger partial charge in [-0.15, -0.1) is 0 Å². The SMILES string of the molecule is Cc1ccc(C=CC(=S)c2ccccc2)cc1N(C)C. The molecule has 0 radical (unpaired) electrons. The van der Waals surface area contributed by atoms with Crippen LogP contribution in [-0.2, 0) is 0 Å². The fourth-order valence-electron chi connectivity index (χ4n) is 2.08. The van der Waals surface area contributed by atoms with Gasteiger partial charge in [-0.25, -0.2) is 0 Å². The van der Waals surface area contributed by atoms with E-state index >= 15 is 0 Å². The van der Waals surface area contributed by atoms with Crippen LogP contribution in [0, 0.1) is 6.92 Å². The molecular weight excluding hydrogens is 262 g/mol. The first-order valence-electron chi connectivity index (χ1n) is 6.63.